The molecule has 5 nitrogen and oxygen atoms in total. The number of carbonyl (C=O) groups excluding carboxylic acids is 1. The molecular weight excluding hydrogens is 186 g/mol. The molecule has 1 unspecified atom stereocenters. The number of rotatable bonds is 7. The molecule has 0 aromatic carbocycles. The Hall–Kier alpha value is -1.10. The lowest BCUT2D eigenvalue weighted by Crippen LogP contribution is -2.40. The van der Waals surface area contributed by atoms with Gasteiger partial charge in [-0.2, -0.15) is 0 Å². The van der Waals surface area contributed by atoms with Crippen molar-refractivity contribution in [1.29, 1.82) is 0 Å². The molecule has 1 atom stereocenters. The highest BCUT2D eigenvalue weighted by molar-refractivity contribution is 5.83. The highest BCUT2D eigenvalue weighted by atomic mass is 16.5. The minimum absolute atomic E-state index is 0.241. The molecule has 14 heavy (non-hydrogen) atoms. The van der Waals surface area contributed by atoms with Crippen LogP contribution in [-0.4, -0.2) is 36.7 Å². The first kappa shape index (κ1) is 12.9. The molecule has 0 aromatic rings. The Morgan fingerprint density at radius 1 is 1.50 bits per heavy atom. The van der Waals surface area contributed by atoms with Gasteiger partial charge in [-0.05, 0) is 12.8 Å². The highest BCUT2D eigenvalue weighted by Gasteiger charge is 2.18. The van der Waals surface area contributed by atoms with E-state index in [-0.39, 0.29) is 5.91 Å². The molecule has 82 valence electrons. The van der Waals surface area contributed by atoms with E-state index in [0.717, 1.165) is 0 Å². The molecule has 0 aliphatic heterocycles. The molecular formula is C9H17NO4. The third kappa shape index (κ3) is 5.53. The fraction of sp³-hybridized carbons (Fsp3) is 0.778. The van der Waals surface area contributed by atoms with Gasteiger partial charge in [0.1, 0.15) is 6.04 Å². The van der Waals surface area contributed by atoms with E-state index in [9.17, 15) is 9.59 Å². The third-order valence-corrected chi connectivity index (χ3v) is 1.80. The number of methoxy groups -OCH3 is 1. The molecule has 0 radical (unpaired) electrons. The first-order valence-electron chi connectivity index (χ1n) is 4.63. The summed E-state index contributed by atoms with van der Waals surface area (Å²) in [5.74, 6) is -1.24. The van der Waals surface area contributed by atoms with E-state index in [1.165, 1.54) is 0 Å². The van der Waals surface area contributed by atoms with Gasteiger partial charge in [-0.3, -0.25) is 4.79 Å². The number of hydrogen-bond donors (Lipinski definition) is 2. The average molecular weight is 203 g/mol. The molecule has 0 saturated heterocycles. The second-order valence-electron chi connectivity index (χ2n) is 2.95. The van der Waals surface area contributed by atoms with E-state index < -0.39 is 12.0 Å². The van der Waals surface area contributed by atoms with Crippen molar-refractivity contribution in [3.05, 3.63) is 0 Å². The number of carboxylic acids is 1. The second kappa shape index (κ2) is 7.32. The fourth-order valence-corrected chi connectivity index (χ4v) is 0.986. The summed E-state index contributed by atoms with van der Waals surface area (Å²) in [4.78, 5) is 21.6. The van der Waals surface area contributed by atoms with Crippen LogP contribution >= 0.6 is 0 Å². The van der Waals surface area contributed by atoms with Crippen LogP contribution in [0.4, 0.5) is 0 Å². The third-order valence-electron chi connectivity index (χ3n) is 1.80. The van der Waals surface area contributed by atoms with Gasteiger partial charge in [-0.15, -0.1) is 0 Å². The molecule has 5 heteroatoms. The second-order valence-corrected chi connectivity index (χ2v) is 2.95. The average Bonchev–Trinajstić information content (AvgIpc) is 2.16. The molecule has 0 rings (SSSR count). The molecule has 0 heterocycles. The van der Waals surface area contributed by atoms with Crippen molar-refractivity contribution in [2.24, 2.45) is 0 Å². The Balaban J connectivity index is 3.90. The Kier molecular flexibility index (Phi) is 6.74. The number of carbonyl (C=O) groups is 2. The van der Waals surface area contributed by atoms with E-state index in [2.05, 4.69) is 5.32 Å². The van der Waals surface area contributed by atoms with Gasteiger partial charge in [0.05, 0.1) is 0 Å². The van der Waals surface area contributed by atoms with E-state index in [4.69, 9.17) is 9.84 Å². The van der Waals surface area contributed by atoms with Gasteiger partial charge >= 0.3 is 5.97 Å². The van der Waals surface area contributed by atoms with E-state index in [1.807, 2.05) is 0 Å². The van der Waals surface area contributed by atoms with Crippen LogP contribution in [0.2, 0.25) is 0 Å². The summed E-state index contributed by atoms with van der Waals surface area (Å²) in [6, 6.07) is -0.794. The van der Waals surface area contributed by atoms with Gasteiger partial charge in [0.15, 0.2) is 0 Å². The maximum absolute atomic E-state index is 11.0. The summed E-state index contributed by atoms with van der Waals surface area (Å²) in [6.45, 7) is 2.19. The van der Waals surface area contributed by atoms with Gasteiger partial charge in [0, 0.05) is 20.1 Å². The van der Waals surface area contributed by atoms with Crippen molar-refractivity contribution in [2.75, 3.05) is 13.7 Å². The zero-order chi connectivity index (χ0) is 11.0. The van der Waals surface area contributed by atoms with Crippen LogP contribution in [0.3, 0.4) is 0 Å². The summed E-state index contributed by atoms with van der Waals surface area (Å²) < 4.78 is 4.80. The molecule has 1 amide bonds. The minimum atomic E-state index is -0.997. The Morgan fingerprint density at radius 2 is 2.14 bits per heavy atom. The maximum Gasteiger partial charge on any atom is 0.326 e. The zero-order valence-corrected chi connectivity index (χ0v) is 8.58. The van der Waals surface area contributed by atoms with Crippen molar-refractivity contribution in [2.45, 2.75) is 32.2 Å². The largest absolute Gasteiger partial charge is 0.480 e. The SMILES string of the molecule is CCC(=O)NC(CCCOC)C(=O)O. The van der Waals surface area contributed by atoms with Crippen molar-refractivity contribution in [3.63, 3.8) is 0 Å². The predicted octanol–water partition coefficient (Wildman–Crippen LogP) is 0.392. The van der Waals surface area contributed by atoms with Crippen LogP contribution in [0, 0.1) is 0 Å². The smallest absolute Gasteiger partial charge is 0.326 e. The van der Waals surface area contributed by atoms with Crippen LogP contribution < -0.4 is 5.32 Å². The number of nitrogens with one attached hydrogen (secondary N) is 1. The van der Waals surface area contributed by atoms with Crippen LogP contribution in [0.5, 0.6) is 0 Å². The number of aliphatic carboxylic acids is 1. The van der Waals surface area contributed by atoms with Gasteiger partial charge < -0.3 is 15.2 Å². The van der Waals surface area contributed by atoms with Crippen LogP contribution in [0.15, 0.2) is 0 Å². The van der Waals surface area contributed by atoms with Crippen molar-refractivity contribution in [1.82, 2.24) is 5.32 Å². The summed E-state index contributed by atoms with van der Waals surface area (Å²) in [6.07, 6.45) is 1.32. The zero-order valence-electron chi connectivity index (χ0n) is 8.58. The fourth-order valence-electron chi connectivity index (χ4n) is 0.986. The molecule has 0 saturated carbocycles. The van der Waals surface area contributed by atoms with Crippen molar-refractivity contribution < 1.29 is 19.4 Å². The molecule has 0 spiro atoms. The van der Waals surface area contributed by atoms with E-state index >= 15 is 0 Å². The lowest BCUT2D eigenvalue weighted by atomic mass is 10.1. The molecule has 0 aliphatic carbocycles. The summed E-state index contributed by atoms with van der Waals surface area (Å²) in [5, 5.41) is 11.2. The van der Waals surface area contributed by atoms with Gasteiger partial charge in [0.2, 0.25) is 5.91 Å². The van der Waals surface area contributed by atoms with Gasteiger partial charge in [-0.25, -0.2) is 4.79 Å². The summed E-state index contributed by atoms with van der Waals surface area (Å²) in [7, 11) is 1.56. The van der Waals surface area contributed by atoms with Crippen molar-refractivity contribution >= 4 is 11.9 Å². The Morgan fingerprint density at radius 3 is 2.57 bits per heavy atom. The number of hydrogen-bond acceptors (Lipinski definition) is 3. The van der Waals surface area contributed by atoms with Gasteiger partial charge in [0.25, 0.3) is 0 Å². The summed E-state index contributed by atoms with van der Waals surface area (Å²) in [5.41, 5.74) is 0. The highest BCUT2D eigenvalue weighted by Crippen LogP contribution is 1.98. The molecule has 0 aliphatic rings. The van der Waals surface area contributed by atoms with Crippen LogP contribution in [0.25, 0.3) is 0 Å². The number of amides is 1. The monoisotopic (exact) mass is 203 g/mol. The minimum Gasteiger partial charge on any atom is -0.480 e. The summed E-state index contributed by atoms with van der Waals surface area (Å²) >= 11 is 0. The number of ether oxygens (including phenoxy) is 1. The quantitative estimate of drug-likeness (QED) is 0.587. The molecule has 0 aromatic heterocycles. The Bertz CT molecular complexity index is 193. The first-order valence-corrected chi connectivity index (χ1v) is 4.63. The topological polar surface area (TPSA) is 75.6 Å². The van der Waals surface area contributed by atoms with E-state index in [1.54, 1.807) is 14.0 Å². The molecule has 0 fully saturated rings. The Labute approximate surface area is 83.4 Å². The maximum atomic E-state index is 11.0. The van der Waals surface area contributed by atoms with E-state index in [0.29, 0.717) is 25.9 Å². The molecule has 0 bridgehead atoms. The lowest BCUT2D eigenvalue weighted by molar-refractivity contribution is -0.142. The normalized spacial score (nSPS) is 12.1. The van der Waals surface area contributed by atoms with Crippen LogP contribution in [-0.2, 0) is 14.3 Å². The predicted molar refractivity (Wildman–Crippen MR) is 51.0 cm³/mol. The van der Waals surface area contributed by atoms with Gasteiger partial charge in [-0.1, -0.05) is 6.92 Å². The lowest BCUT2D eigenvalue weighted by Gasteiger charge is -2.13. The number of carboxylic acid groups (broad SMARTS) is 1. The first-order chi connectivity index (χ1) is 6.61. The standard InChI is InChI=1S/C9H17NO4/c1-3-8(11)10-7(9(12)13)5-4-6-14-2/h7H,3-6H2,1-2H3,(H,10,11)(H,12,13). The molecule has 2 N–H and O–H groups in total. The van der Waals surface area contributed by atoms with Crippen molar-refractivity contribution in [3.8, 4) is 0 Å². The van der Waals surface area contributed by atoms with Crippen LogP contribution in [0.1, 0.15) is 26.2 Å².